The highest BCUT2D eigenvalue weighted by Gasteiger charge is 2.23. The Balaban J connectivity index is 1.78. The number of carboxylic acid groups (broad SMARTS) is 1. The summed E-state index contributed by atoms with van der Waals surface area (Å²) >= 11 is 6.75. The lowest BCUT2D eigenvalue weighted by atomic mass is 10.0. The maximum absolute atomic E-state index is 12.1. The number of carbonyl (C=O) groups is 1. The van der Waals surface area contributed by atoms with E-state index in [1.807, 2.05) is 44.2 Å². The molecule has 36 heavy (non-hydrogen) atoms. The molecule has 2 N–H and O–H groups in total. The predicted octanol–water partition coefficient (Wildman–Crippen LogP) is 6.20. The number of rotatable bonds is 6. The number of anilines is 2. The first-order valence-corrected chi connectivity index (χ1v) is 11.5. The average molecular weight is 500 g/mol. The van der Waals surface area contributed by atoms with E-state index >= 15 is 0 Å². The van der Waals surface area contributed by atoms with Gasteiger partial charge in [0.1, 0.15) is 11.6 Å². The summed E-state index contributed by atoms with van der Waals surface area (Å²) in [5, 5.41) is 18.5. The largest absolute Gasteiger partial charge is 0.497 e. The molecule has 3 aromatic carbocycles. The van der Waals surface area contributed by atoms with Crippen LogP contribution in [-0.2, 0) is 0 Å². The molecular weight excluding hydrogens is 478 g/mol. The van der Waals surface area contributed by atoms with Crippen molar-refractivity contribution >= 4 is 40.1 Å². The van der Waals surface area contributed by atoms with Gasteiger partial charge in [-0.25, -0.2) is 9.48 Å². The first-order valence-electron chi connectivity index (χ1n) is 11.1. The molecule has 9 heteroatoms. The summed E-state index contributed by atoms with van der Waals surface area (Å²) in [5.74, 6) is -0.0758. The molecule has 0 atom stereocenters. The fourth-order valence-electron chi connectivity index (χ4n) is 4.18. The third kappa shape index (κ3) is 4.12. The van der Waals surface area contributed by atoms with E-state index in [0.717, 1.165) is 16.8 Å². The number of halogens is 1. The van der Waals surface area contributed by atoms with Crippen molar-refractivity contribution in [3.05, 3.63) is 88.8 Å². The van der Waals surface area contributed by atoms with Crippen LogP contribution in [0.25, 0.3) is 27.8 Å². The van der Waals surface area contributed by atoms with Crippen molar-refractivity contribution in [3.63, 3.8) is 0 Å². The number of nitrogens with one attached hydrogen (secondary N) is 1. The molecule has 0 aliphatic rings. The molecule has 0 radical (unpaired) electrons. The van der Waals surface area contributed by atoms with Gasteiger partial charge < -0.3 is 15.2 Å². The Kier molecular flexibility index (Phi) is 6.03. The standard InChI is InChI=1S/C27H22ClN5O3/c1-15-6-4-5-7-24(15)33-26(31-21-9-8-17(36-3)12-19(21)27(34)35)25(16(2)32-33)18-13-22-23(14-20(18)28)30-11-10-29-22/h4-14,31H,1-3H3,(H,34,35). The van der Waals surface area contributed by atoms with Crippen molar-refractivity contribution in [3.8, 4) is 22.6 Å². The summed E-state index contributed by atoms with van der Waals surface area (Å²) in [4.78, 5) is 20.9. The van der Waals surface area contributed by atoms with E-state index in [0.29, 0.717) is 44.6 Å². The van der Waals surface area contributed by atoms with E-state index in [2.05, 4.69) is 15.3 Å². The lowest BCUT2D eigenvalue weighted by Gasteiger charge is -2.16. The maximum Gasteiger partial charge on any atom is 0.337 e. The highest BCUT2D eigenvalue weighted by atomic mass is 35.5. The van der Waals surface area contributed by atoms with Crippen molar-refractivity contribution in [2.45, 2.75) is 13.8 Å². The van der Waals surface area contributed by atoms with Gasteiger partial charge in [-0.1, -0.05) is 29.8 Å². The Morgan fingerprint density at radius 1 is 1.03 bits per heavy atom. The minimum Gasteiger partial charge on any atom is -0.497 e. The topological polar surface area (TPSA) is 102 Å². The molecule has 0 saturated carbocycles. The number of para-hydroxylation sites is 1. The molecule has 8 nitrogen and oxygen atoms in total. The molecule has 0 bridgehead atoms. The number of nitrogens with zero attached hydrogens (tertiary/aromatic N) is 4. The van der Waals surface area contributed by atoms with E-state index in [4.69, 9.17) is 21.4 Å². The van der Waals surface area contributed by atoms with Crippen molar-refractivity contribution in [2.75, 3.05) is 12.4 Å². The Bertz CT molecular complexity index is 1630. The second-order valence-electron chi connectivity index (χ2n) is 8.23. The van der Waals surface area contributed by atoms with E-state index in [1.54, 1.807) is 35.3 Å². The minimum atomic E-state index is -1.09. The molecule has 0 aliphatic carbocycles. The number of aromatic nitrogens is 4. The third-order valence-electron chi connectivity index (χ3n) is 5.94. The van der Waals surface area contributed by atoms with Gasteiger partial charge in [0.2, 0.25) is 0 Å². The molecule has 0 amide bonds. The van der Waals surface area contributed by atoms with Gasteiger partial charge in [0.25, 0.3) is 0 Å². The van der Waals surface area contributed by atoms with E-state index < -0.39 is 5.97 Å². The zero-order chi connectivity index (χ0) is 25.4. The molecular formula is C27H22ClN5O3. The summed E-state index contributed by atoms with van der Waals surface area (Å²) < 4.78 is 7.00. The molecule has 180 valence electrons. The Morgan fingerprint density at radius 2 is 1.75 bits per heavy atom. The molecule has 0 fully saturated rings. The Morgan fingerprint density at radius 3 is 2.44 bits per heavy atom. The summed E-state index contributed by atoms with van der Waals surface area (Å²) in [5.41, 5.74) is 5.78. The van der Waals surface area contributed by atoms with Crippen LogP contribution in [0.2, 0.25) is 5.02 Å². The van der Waals surface area contributed by atoms with Gasteiger partial charge in [-0.3, -0.25) is 9.97 Å². The van der Waals surface area contributed by atoms with Gasteiger partial charge in [0.05, 0.1) is 45.8 Å². The van der Waals surface area contributed by atoms with E-state index in [1.165, 1.54) is 13.2 Å². The van der Waals surface area contributed by atoms with Crippen LogP contribution in [-0.4, -0.2) is 37.9 Å². The third-order valence-corrected chi connectivity index (χ3v) is 6.25. The highest BCUT2D eigenvalue weighted by Crippen LogP contribution is 2.41. The predicted molar refractivity (Wildman–Crippen MR) is 140 cm³/mol. The summed E-state index contributed by atoms with van der Waals surface area (Å²) in [6, 6.07) is 16.3. The second kappa shape index (κ2) is 9.31. The molecule has 2 aromatic heterocycles. The van der Waals surface area contributed by atoms with Gasteiger partial charge in [0.15, 0.2) is 0 Å². The quantitative estimate of drug-likeness (QED) is 0.286. The number of ether oxygens (including phenoxy) is 1. The minimum absolute atomic E-state index is 0.0611. The molecule has 2 heterocycles. The van der Waals surface area contributed by atoms with Gasteiger partial charge in [-0.05, 0) is 55.8 Å². The second-order valence-corrected chi connectivity index (χ2v) is 8.63. The van der Waals surface area contributed by atoms with Gasteiger partial charge in [-0.2, -0.15) is 5.10 Å². The normalized spacial score (nSPS) is 11.0. The molecule has 0 saturated heterocycles. The molecule has 0 unspecified atom stereocenters. The van der Waals surface area contributed by atoms with Crippen LogP contribution in [0, 0.1) is 13.8 Å². The van der Waals surface area contributed by atoms with Gasteiger partial charge in [-0.15, -0.1) is 0 Å². The number of hydrogen-bond donors (Lipinski definition) is 2. The molecule has 5 aromatic rings. The SMILES string of the molecule is COc1ccc(Nc2c(-c3cc4nccnc4cc3Cl)c(C)nn2-c2ccccc2C)c(C(=O)O)c1. The van der Waals surface area contributed by atoms with Crippen LogP contribution in [0.1, 0.15) is 21.6 Å². The van der Waals surface area contributed by atoms with Gasteiger partial charge >= 0.3 is 5.97 Å². The number of benzene rings is 3. The number of aromatic carboxylic acids is 1. The molecule has 0 spiro atoms. The van der Waals surface area contributed by atoms with Crippen molar-refractivity contribution < 1.29 is 14.6 Å². The van der Waals surface area contributed by atoms with Crippen molar-refractivity contribution in [1.82, 2.24) is 19.7 Å². The maximum atomic E-state index is 12.1. The smallest absolute Gasteiger partial charge is 0.337 e. The molecule has 0 aliphatic heterocycles. The van der Waals surface area contributed by atoms with Crippen LogP contribution in [0.15, 0.2) is 67.0 Å². The summed E-state index contributed by atoms with van der Waals surface area (Å²) in [6.45, 7) is 3.88. The van der Waals surface area contributed by atoms with Crippen LogP contribution in [0.3, 0.4) is 0 Å². The van der Waals surface area contributed by atoms with Crippen LogP contribution < -0.4 is 10.1 Å². The number of hydrogen-bond acceptors (Lipinski definition) is 6. The zero-order valence-corrected chi connectivity index (χ0v) is 20.5. The summed E-state index contributed by atoms with van der Waals surface area (Å²) in [7, 11) is 1.49. The monoisotopic (exact) mass is 499 g/mol. The fourth-order valence-corrected chi connectivity index (χ4v) is 4.43. The fraction of sp³-hybridized carbons (Fsp3) is 0.111. The first kappa shape index (κ1) is 23.3. The lowest BCUT2D eigenvalue weighted by molar-refractivity contribution is 0.0697. The zero-order valence-electron chi connectivity index (χ0n) is 19.8. The Labute approximate surface area is 212 Å². The van der Waals surface area contributed by atoms with Gasteiger partial charge in [0, 0.05) is 23.5 Å². The summed E-state index contributed by atoms with van der Waals surface area (Å²) in [6.07, 6.45) is 3.24. The van der Waals surface area contributed by atoms with Crippen LogP contribution in [0.5, 0.6) is 5.75 Å². The number of methoxy groups -OCH3 is 1. The van der Waals surface area contributed by atoms with Crippen molar-refractivity contribution in [1.29, 1.82) is 0 Å². The van der Waals surface area contributed by atoms with E-state index in [-0.39, 0.29) is 5.56 Å². The lowest BCUT2D eigenvalue weighted by Crippen LogP contribution is -2.08. The highest BCUT2D eigenvalue weighted by molar-refractivity contribution is 6.34. The molecule has 5 rings (SSSR count). The number of carboxylic acids is 1. The van der Waals surface area contributed by atoms with E-state index in [9.17, 15) is 9.90 Å². The Hall–Kier alpha value is -4.43. The van der Waals surface area contributed by atoms with Crippen LogP contribution in [0.4, 0.5) is 11.5 Å². The first-order chi connectivity index (χ1) is 17.4. The number of aryl methyl sites for hydroxylation is 2. The van der Waals surface area contributed by atoms with Crippen LogP contribution >= 0.6 is 11.6 Å². The van der Waals surface area contributed by atoms with Crippen molar-refractivity contribution in [2.24, 2.45) is 0 Å². The number of fused-ring (bicyclic) bond motifs is 1. The average Bonchev–Trinajstić information content (AvgIpc) is 3.19.